The lowest BCUT2D eigenvalue weighted by Crippen LogP contribution is -2.68. The van der Waals surface area contributed by atoms with Crippen molar-refractivity contribution >= 4 is 18.7 Å². The van der Waals surface area contributed by atoms with Gasteiger partial charge in [-0.25, -0.2) is 0 Å². The second-order valence-electron chi connectivity index (χ2n) is 9.63. The van der Waals surface area contributed by atoms with E-state index in [2.05, 4.69) is 69.3 Å². The Morgan fingerprint density at radius 1 is 0.966 bits per heavy atom. The third-order valence-corrected chi connectivity index (χ3v) is 10.7. The number of hydrogen-bond acceptors (Lipinski definition) is 4. The van der Waals surface area contributed by atoms with Gasteiger partial charge < -0.3 is 19.0 Å². The number of rotatable bonds is 6. The zero-order valence-electron chi connectivity index (χ0n) is 18.4. The van der Waals surface area contributed by atoms with Crippen LogP contribution in [0, 0.1) is 0 Å². The molecule has 0 aliphatic carbocycles. The first kappa shape index (κ1) is 22.2. The summed E-state index contributed by atoms with van der Waals surface area (Å²) in [5.74, 6) is -0.688. The van der Waals surface area contributed by atoms with Crippen LogP contribution in [0.4, 0.5) is 0 Å². The summed E-state index contributed by atoms with van der Waals surface area (Å²) in [5.41, 5.74) is -1.17. The van der Waals surface area contributed by atoms with E-state index in [0.29, 0.717) is 6.61 Å². The standard InChI is InChI=1S/C24H34O4Si/c1-22(2,3)29(19-13-9-7-10-14-19,20-15-11-8-12-16-20)27-18-24(6,25)21-17-26-23(4,5)28-21/h7-16,21,25H,17-18H2,1-6H3/t21-,24+/m0/s1. The maximum Gasteiger partial charge on any atom is 0.261 e. The summed E-state index contributed by atoms with van der Waals surface area (Å²) in [6, 6.07) is 20.9. The van der Waals surface area contributed by atoms with Gasteiger partial charge in [0.15, 0.2) is 5.79 Å². The SMILES string of the molecule is CC1(C)OC[C@@H]([C@](C)(O)CO[Si](c2ccccc2)(c2ccccc2)C(C)(C)C)O1. The predicted octanol–water partition coefficient (Wildman–Crippen LogP) is 3.47. The highest BCUT2D eigenvalue weighted by Gasteiger charge is 2.52. The minimum absolute atomic E-state index is 0.141. The Kier molecular flexibility index (Phi) is 6.10. The summed E-state index contributed by atoms with van der Waals surface area (Å²) in [5, 5.41) is 13.5. The molecule has 0 bridgehead atoms. The van der Waals surface area contributed by atoms with E-state index >= 15 is 0 Å². The van der Waals surface area contributed by atoms with E-state index in [1.165, 1.54) is 10.4 Å². The van der Waals surface area contributed by atoms with E-state index in [4.69, 9.17) is 13.9 Å². The van der Waals surface area contributed by atoms with Gasteiger partial charge in [-0.3, -0.25) is 0 Å². The van der Waals surface area contributed by atoms with Crippen molar-refractivity contribution in [1.82, 2.24) is 0 Å². The highest BCUT2D eigenvalue weighted by atomic mass is 28.4. The number of ether oxygens (including phenoxy) is 2. The van der Waals surface area contributed by atoms with Gasteiger partial charge in [0.05, 0.1) is 13.2 Å². The number of aliphatic hydroxyl groups is 1. The molecule has 0 aromatic heterocycles. The number of benzene rings is 2. The lowest BCUT2D eigenvalue weighted by atomic mass is 10.0. The van der Waals surface area contributed by atoms with Crippen molar-refractivity contribution in [3.63, 3.8) is 0 Å². The predicted molar refractivity (Wildman–Crippen MR) is 119 cm³/mol. The molecule has 29 heavy (non-hydrogen) atoms. The number of hydrogen-bond donors (Lipinski definition) is 1. The molecule has 2 atom stereocenters. The van der Waals surface area contributed by atoms with E-state index in [-0.39, 0.29) is 11.6 Å². The molecule has 0 saturated carbocycles. The molecular formula is C24H34O4Si. The molecule has 0 unspecified atom stereocenters. The van der Waals surface area contributed by atoms with Crippen LogP contribution in [-0.2, 0) is 13.9 Å². The summed E-state index contributed by atoms with van der Waals surface area (Å²) >= 11 is 0. The second-order valence-corrected chi connectivity index (χ2v) is 13.9. The Labute approximate surface area is 176 Å². The van der Waals surface area contributed by atoms with Gasteiger partial charge in [-0.1, -0.05) is 81.4 Å². The molecule has 1 N–H and O–H groups in total. The average molecular weight is 415 g/mol. The summed E-state index contributed by atoms with van der Waals surface area (Å²) in [6.45, 7) is 12.7. The zero-order valence-corrected chi connectivity index (χ0v) is 19.4. The largest absolute Gasteiger partial charge is 0.404 e. The molecule has 1 heterocycles. The molecule has 1 aliphatic rings. The molecule has 1 aliphatic heterocycles. The van der Waals surface area contributed by atoms with Gasteiger partial charge in [0.1, 0.15) is 11.7 Å². The third-order valence-electron chi connectivity index (χ3n) is 5.70. The van der Waals surface area contributed by atoms with Crippen molar-refractivity contribution in [2.75, 3.05) is 13.2 Å². The van der Waals surface area contributed by atoms with E-state index < -0.39 is 25.8 Å². The van der Waals surface area contributed by atoms with Gasteiger partial charge in [-0.05, 0) is 36.2 Å². The van der Waals surface area contributed by atoms with Crippen molar-refractivity contribution in [2.45, 2.75) is 64.1 Å². The lowest BCUT2D eigenvalue weighted by Gasteiger charge is -2.45. The molecule has 1 saturated heterocycles. The Balaban J connectivity index is 2.00. The molecule has 0 amide bonds. The Bertz CT molecular complexity index is 757. The van der Waals surface area contributed by atoms with Crippen molar-refractivity contribution in [2.24, 2.45) is 0 Å². The minimum atomic E-state index is -2.70. The second kappa shape index (κ2) is 7.97. The fourth-order valence-electron chi connectivity index (χ4n) is 4.10. The Morgan fingerprint density at radius 2 is 1.45 bits per heavy atom. The molecule has 1 fully saturated rings. The zero-order chi connectivity index (χ0) is 21.3. The topological polar surface area (TPSA) is 47.9 Å². The highest BCUT2D eigenvalue weighted by Crippen LogP contribution is 2.38. The summed E-state index contributed by atoms with van der Waals surface area (Å²) in [6.07, 6.45) is -0.435. The lowest BCUT2D eigenvalue weighted by molar-refractivity contribution is -0.172. The average Bonchev–Trinajstić information content (AvgIpc) is 3.04. The van der Waals surface area contributed by atoms with Crippen LogP contribution in [0.5, 0.6) is 0 Å². The molecule has 0 spiro atoms. The fourth-order valence-corrected chi connectivity index (χ4v) is 8.77. The van der Waals surface area contributed by atoms with Crippen LogP contribution in [0.3, 0.4) is 0 Å². The van der Waals surface area contributed by atoms with Crippen LogP contribution in [0.25, 0.3) is 0 Å². The monoisotopic (exact) mass is 414 g/mol. The molecule has 158 valence electrons. The van der Waals surface area contributed by atoms with E-state index in [1.54, 1.807) is 6.92 Å². The minimum Gasteiger partial charge on any atom is -0.404 e. The summed E-state index contributed by atoms with van der Waals surface area (Å²) in [7, 11) is -2.70. The van der Waals surface area contributed by atoms with Gasteiger partial charge in [0, 0.05) is 0 Å². The van der Waals surface area contributed by atoms with Gasteiger partial charge >= 0.3 is 0 Å². The van der Waals surface area contributed by atoms with E-state index in [0.717, 1.165) is 0 Å². The van der Waals surface area contributed by atoms with Gasteiger partial charge in [0.2, 0.25) is 0 Å². The quantitative estimate of drug-likeness (QED) is 0.736. The molecule has 2 aromatic carbocycles. The van der Waals surface area contributed by atoms with Crippen LogP contribution in [-0.4, -0.2) is 44.1 Å². The van der Waals surface area contributed by atoms with Crippen molar-refractivity contribution in [3.05, 3.63) is 60.7 Å². The molecule has 4 nitrogen and oxygen atoms in total. The molecule has 3 rings (SSSR count). The van der Waals surface area contributed by atoms with Crippen molar-refractivity contribution in [3.8, 4) is 0 Å². The van der Waals surface area contributed by atoms with Crippen LogP contribution in [0.2, 0.25) is 5.04 Å². The maximum atomic E-state index is 11.3. The molecule has 5 heteroatoms. The van der Waals surface area contributed by atoms with Crippen LogP contribution in [0.15, 0.2) is 60.7 Å². The third kappa shape index (κ3) is 4.49. The Hall–Kier alpha value is -1.50. The Morgan fingerprint density at radius 3 is 1.83 bits per heavy atom. The first-order chi connectivity index (χ1) is 13.5. The van der Waals surface area contributed by atoms with Gasteiger partial charge in [0.25, 0.3) is 8.32 Å². The van der Waals surface area contributed by atoms with Gasteiger partial charge in [-0.2, -0.15) is 0 Å². The fraction of sp³-hybridized carbons (Fsp3) is 0.500. The van der Waals surface area contributed by atoms with Crippen LogP contribution < -0.4 is 10.4 Å². The summed E-state index contributed by atoms with van der Waals surface area (Å²) < 4.78 is 18.5. The van der Waals surface area contributed by atoms with Crippen molar-refractivity contribution < 1.29 is 19.0 Å². The molecule has 0 radical (unpaired) electrons. The first-order valence-corrected chi connectivity index (χ1v) is 12.2. The maximum absolute atomic E-state index is 11.3. The van der Waals surface area contributed by atoms with Crippen molar-refractivity contribution in [1.29, 1.82) is 0 Å². The molecule has 2 aromatic rings. The van der Waals surface area contributed by atoms with Crippen LogP contribution in [0.1, 0.15) is 41.5 Å². The van der Waals surface area contributed by atoms with E-state index in [9.17, 15) is 5.11 Å². The normalized spacial score (nSPS) is 21.7. The van der Waals surface area contributed by atoms with Crippen LogP contribution >= 0.6 is 0 Å². The summed E-state index contributed by atoms with van der Waals surface area (Å²) in [4.78, 5) is 0. The first-order valence-electron chi connectivity index (χ1n) is 10.3. The van der Waals surface area contributed by atoms with Gasteiger partial charge in [-0.15, -0.1) is 0 Å². The smallest absolute Gasteiger partial charge is 0.261 e. The molecular weight excluding hydrogens is 380 g/mol. The van der Waals surface area contributed by atoms with E-state index in [1.807, 2.05) is 26.0 Å². The highest BCUT2D eigenvalue weighted by molar-refractivity contribution is 6.99.